The van der Waals surface area contributed by atoms with E-state index < -0.39 is 0 Å². The lowest BCUT2D eigenvalue weighted by Gasteiger charge is -2.11. The van der Waals surface area contributed by atoms with Crippen molar-refractivity contribution in [2.75, 3.05) is 0 Å². The highest BCUT2D eigenvalue weighted by Crippen LogP contribution is 2.34. The Bertz CT molecular complexity index is 369. The molecule has 0 saturated carbocycles. The van der Waals surface area contributed by atoms with Crippen molar-refractivity contribution in [1.82, 2.24) is 0 Å². The molecule has 2 heteroatoms. The number of fused-ring (bicyclic) bond motifs is 1. The predicted molar refractivity (Wildman–Crippen MR) is 54.0 cm³/mol. The molecular formula is C12H14O2. The molecule has 0 aromatic heterocycles. The smallest absolute Gasteiger partial charge is 0.303 e. The van der Waals surface area contributed by atoms with Crippen molar-refractivity contribution in [1.29, 1.82) is 0 Å². The van der Waals surface area contributed by atoms with Crippen LogP contribution in [0, 0.1) is 6.92 Å². The number of ether oxygens (including phenoxy) is 1. The number of carbonyl (C=O) groups excluding carboxylic acids is 1. The highest BCUT2D eigenvalue weighted by Gasteiger charge is 2.24. The lowest BCUT2D eigenvalue weighted by molar-refractivity contribution is -0.146. The summed E-state index contributed by atoms with van der Waals surface area (Å²) in [5, 5.41) is 0. The molecule has 1 aliphatic rings. The average Bonchev–Trinajstić information content (AvgIpc) is 2.47. The molecule has 0 fully saturated rings. The van der Waals surface area contributed by atoms with Gasteiger partial charge in [-0.2, -0.15) is 0 Å². The van der Waals surface area contributed by atoms with Crippen molar-refractivity contribution in [2.24, 2.45) is 0 Å². The first kappa shape index (κ1) is 9.25. The van der Waals surface area contributed by atoms with Crippen molar-refractivity contribution >= 4 is 5.97 Å². The summed E-state index contributed by atoms with van der Waals surface area (Å²) < 4.78 is 5.24. The maximum absolute atomic E-state index is 10.9. The number of rotatable bonds is 1. The largest absolute Gasteiger partial charge is 0.458 e. The Morgan fingerprint density at radius 2 is 2.29 bits per heavy atom. The number of aryl methyl sites for hydroxylation is 2. The SMILES string of the molecule is CC(=O)OC1CCc2cc(C)ccc21. The molecule has 0 heterocycles. The summed E-state index contributed by atoms with van der Waals surface area (Å²) in [5.74, 6) is -0.191. The van der Waals surface area contributed by atoms with Crippen LogP contribution in [0.2, 0.25) is 0 Å². The molecule has 14 heavy (non-hydrogen) atoms. The summed E-state index contributed by atoms with van der Waals surface area (Å²) in [6, 6.07) is 6.32. The van der Waals surface area contributed by atoms with Gasteiger partial charge in [-0.1, -0.05) is 23.8 Å². The zero-order chi connectivity index (χ0) is 10.1. The second kappa shape index (κ2) is 3.45. The van der Waals surface area contributed by atoms with Crippen LogP contribution in [0.5, 0.6) is 0 Å². The molecule has 0 N–H and O–H groups in total. The molecule has 0 saturated heterocycles. The predicted octanol–water partition coefficient (Wildman–Crippen LogP) is 2.55. The van der Waals surface area contributed by atoms with E-state index in [1.807, 2.05) is 0 Å². The Morgan fingerprint density at radius 3 is 3.00 bits per heavy atom. The van der Waals surface area contributed by atoms with Gasteiger partial charge in [0, 0.05) is 6.92 Å². The van der Waals surface area contributed by atoms with Crippen molar-refractivity contribution in [3.8, 4) is 0 Å². The first-order chi connectivity index (χ1) is 6.66. The third-order valence-corrected chi connectivity index (χ3v) is 2.63. The minimum Gasteiger partial charge on any atom is -0.458 e. The van der Waals surface area contributed by atoms with Gasteiger partial charge < -0.3 is 4.74 Å². The number of esters is 1. The van der Waals surface area contributed by atoms with Gasteiger partial charge in [0.1, 0.15) is 6.10 Å². The Labute approximate surface area is 83.9 Å². The topological polar surface area (TPSA) is 26.3 Å². The van der Waals surface area contributed by atoms with E-state index >= 15 is 0 Å². The summed E-state index contributed by atoms with van der Waals surface area (Å²) >= 11 is 0. The average molecular weight is 190 g/mol. The minimum absolute atomic E-state index is 0.0110. The first-order valence-electron chi connectivity index (χ1n) is 4.93. The zero-order valence-electron chi connectivity index (χ0n) is 8.54. The van der Waals surface area contributed by atoms with Crippen molar-refractivity contribution in [3.63, 3.8) is 0 Å². The maximum atomic E-state index is 10.9. The van der Waals surface area contributed by atoms with Gasteiger partial charge in [0.25, 0.3) is 0 Å². The lowest BCUT2D eigenvalue weighted by Crippen LogP contribution is -2.04. The third-order valence-electron chi connectivity index (χ3n) is 2.63. The van der Waals surface area contributed by atoms with Crippen LogP contribution in [-0.4, -0.2) is 5.97 Å². The van der Waals surface area contributed by atoms with E-state index in [4.69, 9.17) is 4.74 Å². The van der Waals surface area contributed by atoms with Gasteiger partial charge >= 0.3 is 5.97 Å². The first-order valence-corrected chi connectivity index (χ1v) is 4.93. The van der Waals surface area contributed by atoms with E-state index in [0.29, 0.717) is 0 Å². The van der Waals surface area contributed by atoms with E-state index in [0.717, 1.165) is 12.8 Å². The molecule has 2 rings (SSSR count). The van der Waals surface area contributed by atoms with Gasteiger partial charge in [-0.25, -0.2) is 0 Å². The second-order valence-electron chi connectivity index (χ2n) is 3.84. The van der Waals surface area contributed by atoms with E-state index in [9.17, 15) is 4.79 Å². The molecule has 1 unspecified atom stereocenters. The fourth-order valence-corrected chi connectivity index (χ4v) is 2.03. The molecule has 1 aliphatic carbocycles. The number of benzene rings is 1. The zero-order valence-corrected chi connectivity index (χ0v) is 8.54. The molecule has 0 spiro atoms. The van der Waals surface area contributed by atoms with Crippen molar-refractivity contribution in [2.45, 2.75) is 32.8 Å². The molecule has 74 valence electrons. The number of hydrogen-bond donors (Lipinski definition) is 0. The van der Waals surface area contributed by atoms with Gasteiger partial charge in [-0.3, -0.25) is 4.79 Å². The molecule has 0 aliphatic heterocycles. The summed E-state index contributed by atoms with van der Waals surface area (Å²) in [6.07, 6.45) is 1.94. The van der Waals surface area contributed by atoms with E-state index in [1.165, 1.54) is 23.6 Å². The Morgan fingerprint density at radius 1 is 1.50 bits per heavy atom. The van der Waals surface area contributed by atoms with Crippen LogP contribution in [0.15, 0.2) is 18.2 Å². The van der Waals surface area contributed by atoms with Crippen molar-refractivity contribution < 1.29 is 9.53 Å². The Hall–Kier alpha value is -1.31. The molecule has 1 atom stereocenters. The van der Waals surface area contributed by atoms with Crippen LogP contribution in [0.1, 0.15) is 36.1 Å². The molecular weight excluding hydrogens is 176 g/mol. The quantitative estimate of drug-likeness (QED) is 0.636. The van der Waals surface area contributed by atoms with Crippen LogP contribution in [0.3, 0.4) is 0 Å². The lowest BCUT2D eigenvalue weighted by atomic mass is 10.1. The minimum atomic E-state index is -0.191. The number of carbonyl (C=O) groups is 1. The van der Waals surface area contributed by atoms with Crippen LogP contribution in [0.4, 0.5) is 0 Å². The Kier molecular flexibility index (Phi) is 2.28. The summed E-state index contributed by atoms with van der Waals surface area (Å²) in [5.41, 5.74) is 3.79. The van der Waals surface area contributed by atoms with Crippen LogP contribution in [-0.2, 0) is 16.0 Å². The molecule has 2 nitrogen and oxygen atoms in total. The molecule has 1 aromatic rings. The summed E-state index contributed by atoms with van der Waals surface area (Å²) in [4.78, 5) is 10.9. The van der Waals surface area contributed by atoms with E-state index in [-0.39, 0.29) is 12.1 Å². The normalized spacial score (nSPS) is 19.1. The monoisotopic (exact) mass is 190 g/mol. The highest BCUT2D eigenvalue weighted by molar-refractivity contribution is 5.66. The molecule has 0 amide bonds. The van der Waals surface area contributed by atoms with E-state index in [2.05, 4.69) is 25.1 Å². The molecule has 0 bridgehead atoms. The van der Waals surface area contributed by atoms with Crippen LogP contribution >= 0.6 is 0 Å². The molecule has 0 radical (unpaired) electrons. The van der Waals surface area contributed by atoms with Gasteiger partial charge in [0.15, 0.2) is 0 Å². The summed E-state index contributed by atoms with van der Waals surface area (Å²) in [7, 11) is 0. The maximum Gasteiger partial charge on any atom is 0.303 e. The van der Waals surface area contributed by atoms with Crippen LogP contribution in [0.25, 0.3) is 0 Å². The van der Waals surface area contributed by atoms with Gasteiger partial charge in [-0.05, 0) is 30.9 Å². The standard InChI is InChI=1S/C12H14O2/c1-8-3-5-11-10(7-8)4-6-12(11)14-9(2)13/h3,5,7,12H,4,6H2,1-2H3. The van der Waals surface area contributed by atoms with Crippen molar-refractivity contribution in [3.05, 3.63) is 34.9 Å². The Balaban J connectivity index is 2.26. The van der Waals surface area contributed by atoms with Gasteiger partial charge in [0.2, 0.25) is 0 Å². The third kappa shape index (κ3) is 1.65. The van der Waals surface area contributed by atoms with Crippen LogP contribution < -0.4 is 0 Å². The fraction of sp³-hybridized carbons (Fsp3) is 0.417. The van der Waals surface area contributed by atoms with E-state index in [1.54, 1.807) is 0 Å². The number of hydrogen-bond acceptors (Lipinski definition) is 2. The highest BCUT2D eigenvalue weighted by atomic mass is 16.5. The van der Waals surface area contributed by atoms with Gasteiger partial charge in [0.05, 0.1) is 0 Å². The summed E-state index contributed by atoms with van der Waals surface area (Å²) in [6.45, 7) is 3.55. The fourth-order valence-electron chi connectivity index (χ4n) is 2.03. The molecule has 1 aromatic carbocycles. The van der Waals surface area contributed by atoms with Gasteiger partial charge in [-0.15, -0.1) is 0 Å². The second-order valence-corrected chi connectivity index (χ2v) is 3.84.